The molecule has 1 fully saturated rings. The van der Waals surface area contributed by atoms with Gasteiger partial charge in [-0.3, -0.25) is 14.7 Å². The summed E-state index contributed by atoms with van der Waals surface area (Å²) < 4.78 is 43.3. The molecule has 29 heavy (non-hydrogen) atoms. The van der Waals surface area contributed by atoms with E-state index < -0.39 is 24.6 Å². The van der Waals surface area contributed by atoms with Gasteiger partial charge in [-0.2, -0.15) is 8.78 Å². The van der Waals surface area contributed by atoms with Crippen LogP contribution >= 0.6 is 0 Å². The molecule has 0 N–H and O–H groups in total. The zero-order chi connectivity index (χ0) is 20.5. The number of rotatable bonds is 4. The standard InChI is InChI=1S/C20H13F3N4O2/c1-24-18-11-26(16-7-6-13(8-15(16)21)29-19(22)23)20(28)27(18)17-10-25-9-12-4-2-3-5-14(12)17/h2-10,18-19H,11H2/t18-/m0/s1. The number of fused-ring (bicyclic) bond motifs is 1. The van der Waals surface area contributed by atoms with Crippen LogP contribution in [0.25, 0.3) is 15.6 Å². The van der Waals surface area contributed by atoms with Crippen LogP contribution in [0.15, 0.2) is 54.9 Å². The first-order valence-electron chi connectivity index (χ1n) is 8.54. The number of hydrogen-bond donors (Lipinski definition) is 0. The summed E-state index contributed by atoms with van der Waals surface area (Å²) in [5, 5.41) is 1.52. The van der Waals surface area contributed by atoms with Crippen molar-refractivity contribution in [1.29, 1.82) is 0 Å². The largest absolute Gasteiger partial charge is 0.435 e. The van der Waals surface area contributed by atoms with Crippen molar-refractivity contribution in [2.45, 2.75) is 12.8 Å². The van der Waals surface area contributed by atoms with Crippen molar-refractivity contribution < 1.29 is 22.7 Å². The van der Waals surface area contributed by atoms with Crippen molar-refractivity contribution in [2.24, 2.45) is 0 Å². The highest BCUT2D eigenvalue weighted by molar-refractivity contribution is 6.11. The van der Waals surface area contributed by atoms with Crippen LogP contribution in [-0.2, 0) is 0 Å². The molecule has 4 rings (SSSR count). The summed E-state index contributed by atoms with van der Waals surface area (Å²) in [7, 11) is 0. The Bertz CT molecular complexity index is 1130. The van der Waals surface area contributed by atoms with E-state index in [4.69, 9.17) is 6.57 Å². The van der Waals surface area contributed by atoms with Gasteiger partial charge < -0.3 is 4.74 Å². The van der Waals surface area contributed by atoms with Crippen LogP contribution in [0, 0.1) is 12.4 Å². The van der Waals surface area contributed by atoms with Gasteiger partial charge in [-0.15, -0.1) is 0 Å². The van der Waals surface area contributed by atoms with E-state index in [-0.39, 0.29) is 18.0 Å². The number of urea groups is 1. The molecule has 2 amide bonds. The van der Waals surface area contributed by atoms with Crippen LogP contribution in [0.3, 0.4) is 0 Å². The Hall–Kier alpha value is -3.80. The van der Waals surface area contributed by atoms with E-state index in [9.17, 15) is 18.0 Å². The second kappa shape index (κ2) is 7.31. The Morgan fingerprint density at radius 1 is 1.17 bits per heavy atom. The maximum atomic E-state index is 14.5. The first-order chi connectivity index (χ1) is 14.0. The van der Waals surface area contributed by atoms with Gasteiger partial charge in [-0.05, 0) is 12.1 Å². The van der Waals surface area contributed by atoms with E-state index >= 15 is 0 Å². The minimum atomic E-state index is -3.09. The van der Waals surface area contributed by atoms with E-state index in [0.717, 1.165) is 27.8 Å². The molecule has 0 bridgehead atoms. The minimum Gasteiger partial charge on any atom is -0.435 e. The number of alkyl halides is 2. The monoisotopic (exact) mass is 398 g/mol. The summed E-state index contributed by atoms with van der Waals surface area (Å²) in [5.41, 5.74) is 0.315. The fourth-order valence-corrected chi connectivity index (χ4v) is 3.32. The lowest BCUT2D eigenvalue weighted by Crippen LogP contribution is -2.34. The topological polar surface area (TPSA) is 50.0 Å². The van der Waals surface area contributed by atoms with Gasteiger partial charge in [0.05, 0.1) is 17.6 Å². The molecule has 3 aromatic rings. The average molecular weight is 398 g/mol. The molecule has 0 radical (unpaired) electrons. The van der Waals surface area contributed by atoms with Crippen molar-refractivity contribution in [3.63, 3.8) is 0 Å². The van der Waals surface area contributed by atoms with Gasteiger partial charge in [0.15, 0.2) is 5.82 Å². The smallest absolute Gasteiger partial charge is 0.387 e. The lowest BCUT2D eigenvalue weighted by atomic mass is 10.1. The Kier molecular flexibility index (Phi) is 4.68. The number of amides is 2. The molecule has 1 aliphatic heterocycles. The quantitative estimate of drug-likeness (QED) is 0.601. The highest BCUT2D eigenvalue weighted by Gasteiger charge is 2.44. The number of anilines is 2. The van der Waals surface area contributed by atoms with E-state index in [1.807, 2.05) is 12.1 Å². The third kappa shape index (κ3) is 3.29. The molecular weight excluding hydrogens is 385 g/mol. The molecule has 1 aliphatic rings. The summed E-state index contributed by atoms with van der Waals surface area (Å²) in [6.45, 7) is 4.31. The molecule has 1 saturated heterocycles. The number of halogens is 3. The Balaban J connectivity index is 1.73. The van der Waals surface area contributed by atoms with Crippen molar-refractivity contribution in [1.82, 2.24) is 4.98 Å². The highest BCUT2D eigenvalue weighted by atomic mass is 19.3. The van der Waals surface area contributed by atoms with Crippen molar-refractivity contribution in [2.75, 3.05) is 16.3 Å². The van der Waals surface area contributed by atoms with E-state index in [1.165, 1.54) is 17.2 Å². The Morgan fingerprint density at radius 3 is 2.69 bits per heavy atom. The molecule has 2 heterocycles. The molecule has 6 nitrogen and oxygen atoms in total. The van der Waals surface area contributed by atoms with E-state index in [2.05, 4.69) is 14.6 Å². The molecule has 0 aliphatic carbocycles. The average Bonchev–Trinajstić information content (AvgIpc) is 3.03. The number of ether oxygens (including phenoxy) is 1. The second-order valence-corrected chi connectivity index (χ2v) is 6.24. The van der Waals surface area contributed by atoms with Crippen LogP contribution in [0.1, 0.15) is 0 Å². The van der Waals surface area contributed by atoms with E-state index in [1.54, 1.807) is 18.3 Å². The highest BCUT2D eigenvalue weighted by Crippen LogP contribution is 2.35. The maximum Gasteiger partial charge on any atom is 0.387 e. The molecular formula is C20H13F3N4O2. The Labute approximate surface area is 163 Å². The summed E-state index contributed by atoms with van der Waals surface area (Å²) >= 11 is 0. The van der Waals surface area contributed by atoms with Gasteiger partial charge in [0, 0.05) is 23.0 Å². The maximum absolute atomic E-state index is 14.5. The second-order valence-electron chi connectivity index (χ2n) is 6.24. The summed E-state index contributed by atoms with van der Waals surface area (Å²) in [6.07, 6.45) is 2.23. The van der Waals surface area contributed by atoms with Crippen molar-refractivity contribution in [3.05, 3.63) is 72.1 Å². The van der Waals surface area contributed by atoms with Crippen LogP contribution in [0.4, 0.5) is 29.3 Å². The lowest BCUT2D eigenvalue weighted by molar-refractivity contribution is -0.0499. The van der Waals surface area contributed by atoms with Crippen molar-refractivity contribution >= 4 is 28.2 Å². The summed E-state index contributed by atoms with van der Waals surface area (Å²) in [4.78, 5) is 23.1. The fourth-order valence-electron chi connectivity index (χ4n) is 3.32. The predicted molar refractivity (Wildman–Crippen MR) is 100 cm³/mol. The van der Waals surface area contributed by atoms with Gasteiger partial charge in [0.25, 0.3) is 0 Å². The zero-order valence-corrected chi connectivity index (χ0v) is 14.8. The van der Waals surface area contributed by atoms with E-state index in [0.29, 0.717) is 5.69 Å². The van der Waals surface area contributed by atoms with Gasteiger partial charge in [0.1, 0.15) is 12.3 Å². The van der Waals surface area contributed by atoms with Gasteiger partial charge in [0.2, 0.25) is 0 Å². The molecule has 1 aromatic heterocycles. The number of carbonyl (C=O) groups is 1. The zero-order valence-electron chi connectivity index (χ0n) is 14.8. The number of pyridine rings is 1. The number of hydrogen-bond acceptors (Lipinski definition) is 3. The molecule has 2 aromatic carbocycles. The SMILES string of the molecule is [C-]#[N+][C@@H]1CN(c2ccc(OC(F)F)cc2F)C(=O)N1c1cncc2ccccc12. The Morgan fingerprint density at radius 2 is 1.97 bits per heavy atom. The first kappa shape index (κ1) is 18.6. The summed E-state index contributed by atoms with van der Waals surface area (Å²) in [6, 6.07) is 9.77. The van der Waals surface area contributed by atoms with Gasteiger partial charge in [-0.1, -0.05) is 24.3 Å². The predicted octanol–water partition coefficient (Wildman–Crippen LogP) is 4.67. The van der Waals surface area contributed by atoms with Crippen LogP contribution in [0.2, 0.25) is 0 Å². The minimum absolute atomic E-state index is 0.0858. The molecule has 0 spiro atoms. The number of nitrogens with zero attached hydrogens (tertiary/aromatic N) is 4. The van der Waals surface area contributed by atoms with Gasteiger partial charge in [-0.25, -0.2) is 20.7 Å². The van der Waals surface area contributed by atoms with Crippen LogP contribution in [-0.4, -0.2) is 30.3 Å². The third-order valence-corrected chi connectivity index (χ3v) is 4.57. The van der Waals surface area contributed by atoms with Gasteiger partial charge >= 0.3 is 18.8 Å². The number of aromatic nitrogens is 1. The fraction of sp³-hybridized carbons (Fsp3) is 0.150. The molecule has 9 heteroatoms. The van der Waals surface area contributed by atoms with Crippen molar-refractivity contribution in [3.8, 4) is 5.75 Å². The third-order valence-electron chi connectivity index (χ3n) is 4.57. The van der Waals surface area contributed by atoms with Crippen LogP contribution in [0.5, 0.6) is 5.75 Å². The molecule has 0 unspecified atom stereocenters. The number of benzene rings is 2. The normalized spacial score (nSPS) is 16.5. The summed E-state index contributed by atoms with van der Waals surface area (Å²) in [5.74, 6) is -1.26. The molecule has 1 atom stereocenters. The first-order valence-corrected chi connectivity index (χ1v) is 8.54. The number of carbonyl (C=O) groups excluding carboxylic acids is 1. The van der Waals surface area contributed by atoms with Crippen LogP contribution < -0.4 is 14.5 Å². The molecule has 0 saturated carbocycles. The lowest BCUT2D eigenvalue weighted by Gasteiger charge is -2.19. The molecule has 146 valence electrons.